The molecule has 0 saturated heterocycles. The number of aromatic nitrogens is 4. The highest BCUT2D eigenvalue weighted by Gasteiger charge is 2.04. The van der Waals surface area contributed by atoms with Crippen LogP contribution in [-0.4, -0.2) is 19.5 Å². The summed E-state index contributed by atoms with van der Waals surface area (Å²) in [5.74, 6) is 0.540. The van der Waals surface area contributed by atoms with Crippen molar-refractivity contribution < 1.29 is 0 Å². The number of pyridine rings is 1. The Morgan fingerprint density at radius 1 is 1.13 bits per heavy atom. The molecule has 2 N–H and O–H groups in total. The van der Waals surface area contributed by atoms with Crippen LogP contribution in [-0.2, 0) is 0 Å². The third kappa shape index (κ3) is 1.10. The quantitative estimate of drug-likeness (QED) is 0.639. The van der Waals surface area contributed by atoms with Crippen LogP contribution in [0.1, 0.15) is 0 Å². The summed E-state index contributed by atoms with van der Waals surface area (Å²) >= 11 is 0. The van der Waals surface area contributed by atoms with Crippen molar-refractivity contribution in [2.24, 2.45) is 0 Å². The van der Waals surface area contributed by atoms with Gasteiger partial charge in [0, 0.05) is 24.0 Å². The smallest absolute Gasteiger partial charge is 0.132 e. The molecule has 0 bridgehead atoms. The lowest BCUT2D eigenvalue weighted by Crippen LogP contribution is -2.07. The van der Waals surface area contributed by atoms with Crippen molar-refractivity contribution >= 4 is 16.7 Å². The number of hydrogen-bond acceptors (Lipinski definition) is 3. The first-order valence-electron chi connectivity index (χ1n) is 4.58. The van der Waals surface area contributed by atoms with E-state index in [1.165, 1.54) is 0 Å². The Bertz CT molecular complexity index is 593. The zero-order valence-corrected chi connectivity index (χ0v) is 7.91. The molecule has 0 amide bonds. The molecule has 5 heteroatoms. The zero-order valence-electron chi connectivity index (χ0n) is 7.91. The molecule has 0 radical (unpaired) electrons. The maximum Gasteiger partial charge on any atom is 0.132 e. The second-order valence-electron chi connectivity index (χ2n) is 3.22. The summed E-state index contributed by atoms with van der Waals surface area (Å²) in [5, 5.41) is 5.09. The number of rotatable bonds is 1. The van der Waals surface area contributed by atoms with Gasteiger partial charge in [-0.3, -0.25) is 0 Å². The first-order valence-corrected chi connectivity index (χ1v) is 4.58. The van der Waals surface area contributed by atoms with Crippen LogP contribution < -0.4 is 5.73 Å². The first kappa shape index (κ1) is 8.05. The standard InChI is InChI=1S/C10H9N5/c11-10-8-3-7-14(9(8)2-5-12-10)15-6-1-4-13-15/h1-7H,(H2,11,12). The predicted octanol–water partition coefficient (Wildman–Crippen LogP) is 1.13. The van der Waals surface area contributed by atoms with Gasteiger partial charge >= 0.3 is 0 Å². The molecule has 0 atom stereocenters. The second kappa shape index (κ2) is 2.84. The summed E-state index contributed by atoms with van der Waals surface area (Å²) in [6.45, 7) is 0. The molecule has 0 unspecified atom stereocenters. The third-order valence-electron chi connectivity index (χ3n) is 2.34. The van der Waals surface area contributed by atoms with Crippen LogP contribution in [0.25, 0.3) is 10.9 Å². The molecule has 0 spiro atoms. The minimum atomic E-state index is 0.540. The van der Waals surface area contributed by atoms with Gasteiger partial charge in [0.2, 0.25) is 0 Å². The van der Waals surface area contributed by atoms with Crippen LogP contribution in [0.5, 0.6) is 0 Å². The van der Waals surface area contributed by atoms with E-state index in [1.54, 1.807) is 17.2 Å². The molecule has 0 aliphatic rings. The molecule has 74 valence electrons. The molecule has 5 nitrogen and oxygen atoms in total. The van der Waals surface area contributed by atoms with Crippen molar-refractivity contribution in [2.75, 3.05) is 5.73 Å². The van der Waals surface area contributed by atoms with E-state index in [1.807, 2.05) is 35.3 Å². The summed E-state index contributed by atoms with van der Waals surface area (Å²) < 4.78 is 1.91. The fourth-order valence-corrected chi connectivity index (χ4v) is 1.64. The number of fused-ring (bicyclic) bond motifs is 1. The highest BCUT2D eigenvalue weighted by molar-refractivity contribution is 5.88. The van der Waals surface area contributed by atoms with Gasteiger partial charge in [0.05, 0.1) is 11.7 Å². The lowest BCUT2D eigenvalue weighted by molar-refractivity contribution is 0.596. The van der Waals surface area contributed by atoms with E-state index >= 15 is 0 Å². The van der Waals surface area contributed by atoms with Crippen LogP contribution in [0.2, 0.25) is 0 Å². The Hall–Kier alpha value is -2.30. The van der Waals surface area contributed by atoms with Crippen LogP contribution >= 0.6 is 0 Å². The average Bonchev–Trinajstić information content (AvgIpc) is 2.85. The lowest BCUT2D eigenvalue weighted by Gasteiger charge is -2.04. The second-order valence-corrected chi connectivity index (χ2v) is 3.22. The van der Waals surface area contributed by atoms with E-state index in [0.717, 1.165) is 10.9 Å². The minimum absolute atomic E-state index is 0.540. The Labute approximate surface area is 85.7 Å². The van der Waals surface area contributed by atoms with Crippen molar-refractivity contribution in [3.05, 3.63) is 43.0 Å². The Morgan fingerprint density at radius 3 is 2.87 bits per heavy atom. The molecule has 3 heterocycles. The molecule has 3 aromatic heterocycles. The largest absolute Gasteiger partial charge is 0.383 e. The van der Waals surface area contributed by atoms with E-state index < -0.39 is 0 Å². The SMILES string of the molecule is Nc1nccc2c1ccn2-n1cccn1. The lowest BCUT2D eigenvalue weighted by atomic mass is 10.3. The van der Waals surface area contributed by atoms with Gasteiger partial charge in [0.25, 0.3) is 0 Å². The van der Waals surface area contributed by atoms with Gasteiger partial charge in [-0.2, -0.15) is 9.89 Å². The minimum Gasteiger partial charge on any atom is -0.383 e. The summed E-state index contributed by atoms with van der Waals surface area (Å²) in [5.41, 5.74) is 6.76. The van der Waals surface area contributed by atoms with Crippen LogP contribution in [0, 0.1) is 0 Å². The van der Waals surface area contributed by atoms with Gasteiger partial charge in [-0.1, -0.05) is 0 Å². The van der Waals surface area contributed by atoms with Gasteiger partial charge < -0.3 is 5.73 Å². The highest BCUT2D eigenvalue weighted by atomic mass is 15.6. The van der Waals surface area contributed by atoms with E-state index in [4.69, 9.17) is 5.73 Å². The number of nitrogens with zero attached hydrogens (tertiary/aromatic N) is 4. The number of nitrogen functional groups attached to an aromatic ring is 1. The zero-order chi connectivity index (χ0) is 10.3. The summed E-state index contributed by atoms with van der Waals surface area (Å²) in [7, 11) is 0. The average molecular weight is 199 g/mol. The van der Waals surface area contributed by atoms with Crippen molar-refractivity contribution in [2.45, 2.75) is 0 Å². The van der Waals surface area contributed by atoms with Gasteiger partial charge in [-0.15, -0.1) is 0 Å². The highest BCUT2D eigenvalue weighted by Crippen LogP contribution is 2.19. The molecular weight excluding hydrogens is 190 g/mol. The molecule has 3 aromatic rings. The van der Waals surface area contributed by atoms with Gasteiger partial charge in [0.15, 0.2) is 0 Å². The molecule has 0 saturated carbocycles. The van der Waals surface area contributed by atoms with Crippen molar-refractivity contribution in [1.29, 1.82) is 0 Å². The van der Waals surface area contributed by atoms with E-state index in [2.05, 4.69) is 10.1 Å². The molecule has 0 aromatic carbocycles. The number of nitrogens with two attached hydrogens (primary N) is 1. The summed E-state index contributed by atoms with van der Waals surface area (Å²) in [6.07, 6.45) is 7.21. The Balaban J connectivity index is 2.34. The van der Waals surface area contributed by atoms with Crippen molar-refractivity contribution in [1.82, 2.24) is 19.5 Å². The predicted molar refractivity (Wildman–Crippen MR) is 57.2 cm³/mol. The third-order valence-corrected chi connectivity index (χ3v) is 2.34. The number of hydrogen-bond donors (Lipinski definition) is 1. The fourth-order valence-electron chi connectivity index (χ4n) is 1.64. The molecule has 3 rings (SSSR count). The van der Waals surface area contributed by atoms with Crippen molar-refractivity contribution in [3.63, 3.8) is 0 Å². The molecule has 0 aliphatic heterocycles. The maximum atomic E-state index is 5.77. The van der Waals surface area contributed by atoms with E-state index in [-0.39, 0.29) is 0 Å². The van der Waals surface area contributed by atoms with Gasteiger partial charge in [-0.05, 0) is 18.2 Å². The van der Waals surface area contributed by atoms with Gasteiger partial charge in [-0.25, -0.2) is 9.66 Å². The topological polar surface area (TPSA) is 61.7 Å². The molecule has 0 fully saturated rings. The molecule has 15 heavy (non-hydrogen) atoms. The van der Waals surface area contributed by atoms with E-state index in [0.29, 0.717) is 5.82 Å². The monoisotopic (exact) mass is 199 g/mol. The van der Waals surface area contributed by atoms with Crippen molar-refractivity contribution in [3.8, 4) is 0 Å². The van der Waals surface area contributed by atoms with Crippen LogP contribution in [0.15, 0.2) is 43.0 Å². The summed E-state index contributed by atoms with van der Waals surface area (Å²) in [6, 6.07) is 5.71. The first-order chi connectivity index (χ1) is 7.36. The Morgan fingerprint density at radius 2 is 2.07 bits per heavy atom. The fraction of sp³-hybridized carbons (Fsp3) is 0. The Kier molecular flexibility index (Phi) is 1.53. The number of anilines is 1. The van der Waals surface area contributed by atoms with Gasteiger partial charge in [0.1, 0.15) is 5.82 Å². The molecule has 0 aliphatic carbocycles. The normalized spacial score (nSPS) is 10.9. The summed E-state index contributed by atoms with van der Waals surface area (Å²) in [4.78, 5) is 5.77. The van der Waals surface area contributed by atoms with E-state index in [9.17, 15) is 0 Å². The molecular formula is C10H9N5. The maximum absolute atomic E-state index is 5.77. The van der Waals surface area contributed by atoms with Crippen LogP contribution in [0.3, 0.4) is 0 Å². The van der Waals surface area contributed by atoms with Crippen LogP contribution in [0.4, 0.5) is 5.82 Å².